The van der Waals surface area contributed by atoms with Crippen molar-refractivity contribution in [3.63, 3.8) is 0 Å². The molecule has 0 amide bonds. The number of hydrogen-bond donors (Lipinski definition) is 0. The molecule has 110 valence electrons. The van der Waals surface area contributed by atoms with E-state index in [0.717, 1.165) is 6.07 Å². The Morgan fingerprint density at radius 3 is 2.29 bits per heavy atom. The van der Waals surface area contributed by atoms with Crippen LogP contribution in [0, 0.1) is 11.6 Å². The van der Waals surface area contributed by atoms with Gasteiger partial charge < -0.3 is 9.47 Å². The lowest BCUT2D eigenvalue weighted by molar-refractivity contribution is 0.101. The third-order valence-corrected chi connectivity index (χ3v) is 2.78. The number of para-hydroxylation sites is 1. The van der Waals surface area contributed by atoms with Gasteiger partial charge in [-0.05, 0) is 31.2 Å². The summed E-state index contributed by atoms with van der Waals surface area (Å²) in [5.74, 6) is -1.83. The van der Waals surface area contributed by atoms with E-state index in [2.05, 4.69) is 0 Å². The van der Waals surface area contributed by atoms with E-state index in [4.69, 9.17) is 9.47 Å². The van der Waals surface area contributed by atoms with Crippen LogP contribution < -0.4 is 9.47 Å². The Bertz CT molecular complexity index is 641. The first-order valence-electron chi connectivity index (χ1n) is 6.39. The van der Waals surface area contributed by atoms with E-state index in [1.54, 1.807) is 24.3 Å². The van der Waals surface area contributed by atoms with Gasteiger partial charge in [0.25, 0.3) is 0 Å². The molecule has 2 rings (SSSR count). The zero-order valence-corrected chi connectivity index (χ0v) is 11.4. The van der Waals surface area contributed by atoms with Gasteiger partial charge in [0, 0.05) is 0 Å². The van der Waals surface area contributed by atoms with Gasteiger partial charge in [-0.3, -0.25) is 4.79 Å². The number of rotatable bonds is 6. The number of hydrogen-bond acceptors (Lipinski definition) is 3. The molecule has 2 aromatic carbocycles. The van der Waals surface area contributed by atoms with Crippen LogP contribution in [0.1, 0.15) is 17.3 Å². The summed E-state index contributed by atoms with van der Waals surface area (Å²) in [5.41, 5.74) is 0.467. The van der Waals surface area contributed by atoms with Crippen LogP contribution in [-0.2, 0) is 0 Å². The van der Waals surface area contributed by atoms with Crippen LogP contribution in [0.5, 0.6) is 11.5 Å². The number of halogens is 2. The minimum atomic E-state index is -1.03. The second-order valence-electron chi connectivity index (χ2n) is 4.30. The molecule has 0 spiro atoms. The van der Waals surface area contributed by atoms with Crippen LogP contribution in [0.25, 0.3) is 0 Å². The van der Waals surface area contributed by atoms with E-state index in [9.17, 15) is 13.6 Å². The number of benzene rings is 2. The Labute approximate surface area is 121 Å². The molecule has 3 nitrogen and oxygen atoms in total. The summed E-state index contributed by atoms with van der Waals surface area (Å²) < 4.78 is 36.9. The van der Waals surface area contributed by atoms with Crippen molar-refractivity contribution in [1.29, 1.82) is 0 Å². The molecule has 0 aliphatic heterocycles. The van der Waals surface area contributed by atoms with Gasteiger partial charge in [0.15, 0.2) is 17.3 Å². The zero-order valence-electron chi connectivity index (χ0n) is 11.4. The molecule has 0 atom stereocenters. The van der Waals surface area contributed by atoms with Crippen molar-refractivity contribution in [3.8, 4) is 11.5 Å². The first-order chi connectivity index (χ1) is 10.1. The van der Waals surface area contributed by atoms with Crippen LogP contribution in [0.4, 0.5) is 8.78 Å². The molecule has 0 aliphatic rings. The van der Waals surface area contributed by atoms with Gasteiger partial charge in [-0.15, -0.1) is 0 Å². The van der Waals surface area contributed by atoms with Crippen molar-refractivity contribution in [2.45, 2.75) is 6.92 Å². The van der Waals surface area contributed by atoms with Gasteiger partial charge in [-0.2, -0.15) is 4.39 Å². The highest BCUT2D eigenvalue weighted by Crippen LogP contribution is 2.20. The maximum atomic E-state index is 13.3. The van der Waals surface area contributed by atoms with Gasteiger partial charge >= 0.3 is 0 Å². The lowest BCUT2D eigenvalue weighted by atomic mass is 10.1. The first-order valence-corrected chi connectivity index (χ1v) is 6.39. The van der Waals surface area contributed by atoms with Crippen molar-refractivity contribution in [2.75, 3.05) is 13.2 Å². The maximum Gasteiger partial charge on any atom is 0.200 e. The summed E-state index contributed by atoms with van der Waals surface area (Å²) in [6.07, 6.45) is 0. The second-order valence-corrected chi connectivity index (χ2v) is 4.30. The van der Waals surface area contributed by atoms with Crippen molar-refractivity contribution in [1.82, 2.24) is 0 Å². The monoisotopic (exact) mass is 292 g/mol. The molecule has 2 aromatic rings. The van der Waals surface area contributed by atoms with Gasteiger partial charge in [0.05, 0.1) is 5.56 Å². The minimum absolute atomic E-state index is 0.0343. The Morgan fingerprint density at radius 2 is 1.57 bits per heavy atom. The summed E-state index contributed by atoms with van der Waals surface area (Å²) in [4.78, 5) is 11.4. The average molecular weight is 292 g/mol. The maximum absolute atomic E-state index is 13.3. The number of carbonyl (C=O) groups is 1. The number of Topliss-reactive ketones (excluding diaryl/α,β-unsaturated/α-hetero) is 1. The molecule has 0 fully saturated rings. The molecule has 0 aliphatic carbocycles. The fourth-order valence-corrected chi connectivity index (χ4v) is 1.78. The molecule has 0 saturated carbocycles. The molecule has 0 radical (unpaired) electrons. The Morgan fingerprint density at radius 1 is 0.952 bits per heavy atom. The van der Waals surface area contributed by atoms with E-state index in [-0.39, 0.29) is 24.7 Å². The van der Waals surface area contributed by atoms with Crippen LogP contribution in [0.2, 0.25) is 0 Å². The quantitative estimate of drug-likeness (QED) is 0.602. The average Bonchev–Trinajstić information content (AvgIpc) is 2.48. The lowest BCUT2D eigenvalue weighted by Gasteiger charge is -2.11. The molecule has 21 heavy (non-hydrogen) atoms. The highest BCUT2D eigenvalue weighted by molar-refractivity contribution is 5.96. The summed E-state index contributed by atoms with van der Waals surface area (Å²) in [6.45, 7) is 1.59. The zero-order chi connectivity index (χ0) is 15.2. The van der Waals surface area contributed by atoms with Crippen molar-refractivity contribution < 1.29 is 23.0 Å². The molecule has 0 unspecified atom stereocenters. The van der Waals surface area contributed by atoms with Gasteiger partial charge in [0.1, 0.15) is 19.0 Å². The largest absolute Gasteiger partial charge is 0.489 e. The highest BCUT2D eigenvalue weighted by Gasteiger charge is 2.09. The Hall–Kier alpha value is -2.43. The van der Waals surface area contributed by atoms with Gasteiger partial charge in [-0.1, -0.05) is 18.2 Å². The van der Waals surface area contributed by atoms with E-state index >= 15 is 0 Å². The second kappa shape index (κ2) is 6.83. The van der Waals surface area contributed by atoms with E-state index in [1.165, 1.54) is 19.1 Å². The van der Waals surface area contributed by atoms with Crippen LogP contribution in [0.15, 0.2) is 42.5 Å². The summed E-state index contributed by atoms with van der Waals surface area (Å²) >= 11 is 0. The molecule has 0 N–H and O–H groups in total. The van der Waals surface area contributed by atoms with E-state index in [1.807, 2.05) is 0 Å². The predicted molar refractivity (Wildman–Crippen MR) is 73.8 cm³/mol. The summed E-state index contributed by atoms with van der Waals surface area (Å²) in [6, 6.07) is 10.5. The smallest absolute Gasteiger partial charge is 0.200 e. The lowest BCUT2D eigenvalue weighted by Crippen LogP contribution is -2.11. The van der Waals surface area contributed by atoms with Crippen molar-refractivity contribution >= 4 is 5.78 Å². The summed E-state index contributed by atoms with van der Waals surface area (Å²) in [5, 5.41) is 0. The standard InChI is InChI=1S/C16H14F2O3/c1-11(19)12-5-2-3-7-14(12)20-9-10-21-15-8-4-6-13(17)16(15)18/h2-8H,9-10H2,1H3. The summed E-state index contributed by atoms with van der Waals surface area (Å²) in [7, 11) is 0. The molecule has 0 heterocycles. The van der Waals surface area contributed by atoms with Crippen molar-refractivity contribution in [2.24, 2.45) is 0 Å². The number of ether oxygens (including phenoxy) is 2. The van der Waals surface area contributed by atoms with Crippen LogP contribution in [0.3, 0.4) is 0 Å². The molecule has 5 heteroatoms. The van der Waals surface area contributed by atoms with Crippen molar-refractivity contribution in [3.05, 3.63) is 59.7 Å². The van der Waals surface area contributed by atoms with Gasteiger partial charge in [0.2, 0.25) is 5.82 Å². The van der Waals surface area contributed by atoms with E-state index in [0.29, 0.717) is 11.3 Å². The highest BCUT2D eigenvalue weighted by atomic mass is 19.2. The van der Waals surface area contributed by atoms with Crippen LogP contribution >= 0.6 is 0 Å². The molecule has 0 bridgehead atoms. The van der Waals surface area contributed by atoms with E-state index < -0.39 is 11.6 Å². The Balaban J connectivity index is 1.91. The molecule has 0 saturated heterocycles. The normalized spacial score (nSPS) is 10.2. The third kappa shape index (κ3) is 3.78. The SMILES string of the molecule is CC(=O)c1ccccc1OCCOc1cccc(F)c1F. The molecule has 0 aromatic heterocycles. The number of carbonyl (C=O) groups excluding carboxylic acids is 1. The molecular formula is C16H14F2O3. The molecular weight excluding hydrogens is 278 g/mol. The topological polar surface area (TPSA) is 35.5 Å². The fraction of sp³-hybridized carbons (Fsp3) is 0.188. The minimum Gasteiger partial charge on any atom is -0.489 e. The predicted octanol–water partition coefficient (Wildman–Crippen LogP) is 3.63. The fourth-order valence-electron chi connectivity index (χ4n) is 1.78. The van der Waals surface area contributed by atoms with Gasteiger partial charge in [-0.25, -0.2) is 4.39 Å². The Kier molecular flexibility index (Phi) is 4.87. The third-order valence-electron chi connectivity index (χ3n) is 2.78. The van der Waals surface area contributed by atoms with Crippen LogP contribution in [-0.4, -0.2) is 19.0 Å². The first kappa shape index (κ1) is 15.0. The number of ketones is 1.